The molecule has 1 aromatic rings. The highest BCUT2D eigenvalue weighted by atomic mass is 79.9. The van der Waals surface area contributed by atoms with E-state index < -0.39 is 9.05 Å². The van der Waals surface area contributed by atoms with Gasteiger partial charge in [-0.15, -0.1) is 0 Å². The fourth-order valence-electron chi connectivity index (χ4n) is 1.71. The van der Waals surface area contributed by atoms with Crippen molar-refractivity contribution >= 4 is 41.6 Å². The van der Waals surface area contributed by atoms with Gasteiger partial charge in [0.15, 0.2) is 0 Å². The van der Waals surface area contributed by atoms with Gasteiger partial charge in [0.2, 0.25) is 0 Å². The van der Waals surface area contributed by atoms with Crippen molar-refractivity contribution in [3.8, 4) is 0 Å². The van der Waals surface area contributed by atoms with E-state index >= 15 is 0 Å². The molecular formula is C13H17BrClNO3S. The SMILES string of the molecule is CCC(C)CN(C)C(=O)c1cc(S(=O)(=O)Cl)ccc1Br. The number of nitrogens with zero attached hydrogens (tertiary/aromatic N) is 1. The van der Waals surface area contributed by atoms with Crippen LogP contribution >= 0.6 is 26.6 Å². The molecule has 0 aromatic heterocycles. The van der Waals surface area contributed by atoms with Crippen LogP contribution in [-0.2, 0) is 9.05 Å². The Kier molecular flexibility index (Phi) is 6.04. The van der Waals surface area contributed by atoms with Crippen LogP contribution in [-0.4, -0.2) is 32.8 Å². The molecule has 0 heterocycles. The molecule has 0 aliphatic rings. The van der Waals surface area contributed by atoms with Crippen molar-refractivity contribution in [1.29, 1.82) is 0 Å². The molecule has 7 heteroatoms. The molecule has 0 fully saturated rings. The lowest BCUT2D eigenvalue weighted by atomic mass is 10.1. The summed E-state index contributed by atoms with van der Waals surface area (Å²) in [6, 6.07) is 4.17. The largest absolute Gasteiger partial charge is 0.341 e. The molecule has 0 N–H and O–H groups in total. The van der Waals surface area contributed by atoms with Crippen LogP contribution in [0.15, 0.2) is 27.6 Å². The highest BCUT2D eigenvalue weighted by molar-refractivity contribution is 9.10. The molecule has 1 unspecified atom stereocenters. The molecule has 0 spiro atoms. The van der Waals surface area contributed by atoms with Crippen molar-refractivity contribution in [3.05, 3.63) is 28.2 Å². The molecule has 0 saturated carbocycles. The topological polar surface area (TPSA) is 54.5 Å². The van der Waals surface area contributed by atoms with Crippen LogP contribution in [0.1, 0.15) is 30.6 Å². The molecule has 112 valence electrons. The maximum Gasteiger partial charge on any atom is 0.261 e. The first-order chi connectivity index (χ1) is 9.16. The van der Waals surface area contributed by atoms with Crippen LogP contribution in [0.25, 0.3) is 0 Å². The van der Waals surface area contributed by atoms with Gasteiger partial charge in [-0.05, 0) is 40.0 Å². The second-order valence-electron chi connectivity index (χ2n) is 4.78. The summed E-state index contributed by atoms with van der Waals surface area (Å²) in [5, 5.41) is 0. The zero-order chi connectivity index (χ0) is 15.5. The molecular weight excluding hydrogens is 366 g/mol. The molecule has 0 aliphatic carbocycles. The maximum absolute atomic E-state index is 12.4. The highest BCUT2D eigenvalue weighted by Crippen LogP contribution is 2.24. The van der Waals surface area contributed by atoms with Crippen molar-refractivity contribution in [1.82, 2.24) is 4.90 Å². The fourth-order valence-corrected chi connectivity index (χ4v) is 2.90. The summed E-state index contributed by atoms with van der Waals surface area (Å²) in [7, 11) is 3.15. The predicted molar refractivity (Wildman–Crippen MR) is 83.6 cm³/mol. The van der Waals surface area contributed by atoms with E-state index in [9.17, 15) is 13.2 Å². The predicted octanol–water partition coefficient (Wildman–Crippen LogP) is 3.49. The maximum atomic E-state index is 12.4. The van der Waals surface area contributed by atoms with Crippen molar-refractivity contribution < 1.29 is 13.2 Å². The van der Waals surface area contributed by atoms with Crippen LogP contribution < -0.4 is 0 Å². The molecule has 1 atom stereocenters. The summed E-state index contributed by atoms with van der Waals surface area (Å²) in [6.07, 6.45) is 0.967. The molecule has 1 rings (SSSR count). The molecule has 1 aromatic carbocycles. The van der Waals surface area contributed by atoms with E-state index in [0.717, 1.165) is 6.42 Å². The number of amides is 1. The van der Waals surface area contributed by atoms with Crippen LogP contribution in [0.4, 0.5) is 0 Å². The highest BCUT2D eigenvalue weighted by Gasteiger charge is 2.20. The molecule has 20 heavy (non-hydrogen) atoms. The Morgan fingerprint density at radius 3 is 2.55 bits per heavy atom. The Morgan fingerprint density at radius 2 is 2.05 bits per heavy atom. The van der Waals surface area contributed by atoms with Crippen molar-refractivity contribution in [2.45, 2.75) is 25.2 Å². The Hall–Kier alpha value is -0.590. The van der Waals surface area contributed by atoms with Gasteiger partial charge in [-0.1, -0.05) is 20.3 Å². The first-order valence-corrected chi connectivity index (χ1v) is 9.26. The van der Waals surface area contributed by atoms with Gasteiger partial charge in [0.1, 0.15) is 0 Å². The van der Waals surface area contributed by atoms with E-state index in [1.165, 1.54) is 18.2 Å². The monoisotopic (exact) mass is 381 g/mol. The summed E-state index contributed by atoms with van der Waals surface area (Å²) in [6.45, 7) is 4.72. The quantitative estimate of drug-likeness (QED) is 0.732. The molecule has 0 bridgehead atoms. The smallest absolute Gasteiger partial charge is 0.261 e. The summed E-state index contributed by atoms with van der Waals surface area (Å²) in [5.74, 6) is 0.141. The lowest BCUT2D eigenvalue weighted by Crippen LogP contribution is -2.31. The van der Waals surface area contributed by atoms with E-state index in [2.05, 4.69) is 29.8 Å². The summed E-state index contributed by atoms with van der Waals surface area (Å²) >= 11 is 3.26. The van der Waals surface area contributed by atoms with E-state index in [1.54, 1.807) is 11.9 Å². The molecule has 0 radical (unpaired) electrons. The number of halogens is 2. The lowest BCUT2D eigenvalue weighted by Gasteiger charge is -2.21. The standard InChI is InChI=1S/C13H17BrClNO3S/c1-4-9(2)8-16(3)13(17)11-7-10(20(15,18)19)5-6-12(11)14/h5-7,9H,4,8H2,1-3H3. The van der Waals surface area contributed by atoms with Crippen molar-refractivity contribution in [3.63, 3.8) is 0 Å². The number of carbonyl (C=O) groups excluding carboxylic acids is 1. The minimum Gasteiger partial charge on any atom is -0.341 e. The van der Waals surface area contributed by atoms with Crippen molar-refractivity contribution in [2.24, 2.45) is 5.92 Å². The number of hydrogen-bond acceptors (Lipinski definition) is 3. The number of carbonyl (C=O) groups is 1. The first-order valence-electron chi connectivity index (χ1n) is 6.16. The van der Waals surface area contributed by atoms with Crippen LogP contribution in [0.5, 0.6) is 0 Å². The van der Waals surface area contributed by atoms with E-state index in [0.29, 0.717) is 16.9 Å². The Morgan fingerprint density at radius 1 is 1.45 bits per heavy atom. The fraction of sp³-hybridized carbons (Fsp3) is 0.462. The second kappa shape index (κ2) is 6.91. The van der Waals surface area contributed by atoms with Gasteiger partial charge in [-0.3, -0.25) is 4.79 Å². The van der Waals surface area contributed by atoms with Crippen LogP contribution in [0.3, 0.4) is 0 Å². The summed E-state index contributed by atoms with van der Waals surface area (Å²) in [4.78, 5) is 13.9. The molecule has 0 aliphatic heterocycles. The van der Waals surface area contributed by atoms with Gasteiger partial charge in [0.25, 0.3) is 15.0 Å². The number of rotatable bonds is 5. The zero-order valence-corrected chi connectivity index (χ0v) is 14.7. The third-order valence-electron chi connectivity index (χ3n) is 3.08. The number of hydrogen-bond donors (Lipinski definition) is 0. The lowest BCUT2D eigenvalue weighted by molar-refractivity contribution is 0.0774. The average molecular weight is 383 g/mol. The van der Waals surface area contributed by atoms with E-state index in [-0.39, 0.29) is 16.4 Å². The van der Waals surface area contributed by atoms with Gasteiger partial charge in [0.05, 0.1) is 10.5 Å². The third-order valence-corrected chi connectivity index (χ3v) is 5.12. The Balaban J connectivity index is 3.09. The van der Waals surface area contributed by atoms with Crippen LogP contribution in [0.2, 0.25) is 0 Å². The molecule has 4 nitrogen and oxygen atoms in total. The van der Waals surface area contributed by atoms with Gasteiger partial charge in [-0.2, -0.15) is 0 Å². The number of benzene rings is 1. The van der Waals surface area contributed by atoms with Gasteiger partial charge in [-0.25, -0.2) is 8.42 Å². The Labute approximate surface area is 132 Å². The minimum atomic E-state index is -3.85. The zero-order valence-electron chi connectivity index (χ0n) is 11.6. The second-order valence-corrected chi connectivity index (χ2v) is 8.20. The minimum absolute atomic E-state index is 0.0809. The van der Waals surface area contributed by atoms with Gasteiger partial charge in [0, 0.05) is 28.7 Å². The van der Waals surface area contributed by atoms with Crippen LogP contribution in [0, 0.1) is 5.92 Å². The van der Waals surface area contributed by atoms with Crippen molar-refractivity contribution in [2.75, 3.05) is 13.6 Å². The Bertz CT molecular complexity index is 604. The summed E-state index contributed by atoms with van der Waals surface area (Å²) < 4.78 is 23.2. The molecule has 1 amide bonds. The average Bonchev–Trinajstić information content (AvgIpc) is 2.36. The first kappa shape index (κ1) is 17.5. The molecule has 0 saturated heterocycles. The normalized spacial score (nSPS) is 13.1. The summed E-state index contributed by atoms with van der Waals surface area (Å²) in [5.41, 5.74) is 0.289. The van der Waals surface area contributed by atoms with E-state index in [4.69, 9.17) is 10.7 Å². The van der Waals surface area contributed by atoms with Gasteiger partial charge >= 0.3 is 0 Å². The van der Waals surface area contributed by atoms with Gasteiger partial charge < -0.3 is 4.90 Å². The third kappa shape index (κ3) is 4.46. The van der Waals surface area contributed by atoms with E-state index in [1.807, 2.05) is 0 Å².